The van der Waals surface area contributed by atoms with E-state index in [0.717, 1.165) is 16.7 Å². The summed E-state index contributed by atoms with van der Waals surface area (Å²) in [6.45, 7) is 4.41. The minimum absolute atomic E-state index is 0.0137. The molecule has 0 saturated carbocycles. The Morgan fingerprint density at radius 1 is 1.12 bits per heavy atom. The molecule has 0 heterocycles. The largest absolute Gasteiger partial charge is 0.490 e. The first kappa shape index (κ1) is 22.9. The SMILES string of the molecule is CCOc1cc(/C=C(/C#N)c2ccc(C)cc2)cc(Cl)c1OCc1ccc([N+](=O)[O-])cc1. The van der Waals surface area contributed by atoms with E-state index in [1.54, 1.807) is 30.3 Å². The zero-order valence-electron chi connectivity index (χ0n) is 17.7. The number of nitro groups is 1. The third-order valence-corrected chi connectivity index (χ3v) is 4.94. The Kier molecular flexibility index (Phi) is 7.48. The summed E-state index contributed by atoms with van der Waals surface area (Å²) in [5.41, 5.74) is 3.90. The fourth-order valence-electron chi connectivity index (χ4n) is 3.02. The highest BCUT2D eigenvalue weighted by atomic mass is 35.5. The van der Waals surface area contributed by atoms with Gasteiger partial charge in [0.25, 0.3) is 5.69 Å². The number of nitrogens with zero attached hydrogens (tertiary/aromatic N) is 2. The van der Waals surface area contributed by atoms with Crippen LogP contribution in [-0.2, 0) is 6.61 Å². The van der Waals surface area contributed by atoms with Gasteiger partial charge in [0.2, 0.25) is 0 Å². The summed E-state index contributed by atoms with van der Waals surface area (Å²) in [5.74, 6) is 0.826. The molecule has 7 heteroatoms. The van der Waals surface area contributed by atoms with E-state index in [9.17, 15) is 15.4 Å². The summed E-state index contributed by atoms with van der Waals surface area (Å²) in [4.78, 5) is 10.4. The Labute approximate surface area is 191 Å². The number of halogens is 1. The number of nitro benzene ring substituents is 1. The van der Waals surface area contributed by atoms with Gasteiger partial charge in [0, 0.05) is 12.1 Å². The van der Waals surface area contributed by atoms with Crippen LogP contribution < -0.4 is 9.47 Å². The molecule has 0 bridgehead atoms. The van der Waals surface area contributed by atoms with Crippen LogP contribution in [0.5, 0.6) is 11.5 Å². The minimum atomic E-state index is -0.451. The third kappa shape index (κ3) is 5.65. The number of ether oxygens (including phenoxy) is 2. The van der Waals surface area contributed by atoms with Crippen molar-refractivity contribution in [2.45, 2.75) is 20.5 Å². The van der Waals surface area contributed by atoms with E-state index in [1.807, 2.05) is 38.1 Å². The second kappa shape index (κ2) is 10.5. The molecule has 0 unspecified atom stereocenters. The number of benzene rings is 3. The van der Waals surface area contributed by atoms with Crippen LogP contribution in [0.15, 0.2) is 60.7 Å². The first-order valence-electron chi connectivity index (χ1n) is 9.92. The molecule has 3 aromatic rings. The molecule has 0 aliphatic rings. The molecular formula is C25H21ClN2O4. The molecule has 0 saturated heterocycles. The van der Waals surface area contributed by atoms with Crippen molar-refractivity contribution in [2.24, 2.45) is 0 Å². The second-order valence-corrected chi connectivity index (χ2v) is 7.42. The van der Waals surface area contributed by atoms with E-state index >= 15 is 0 Å². The molecule has 32 heavy (non-hydrogen) atoms. The molecule has 0 aliphatic heterocycles. The monoisotopic (exact) mass is 448 g/mol. The number of rotatable bonds is 8. The van der Waals surface area contributed by atoms with Crippen LogP contribution in [0, 0.1) is 28.4 Å². The van der Waals surface area contributed by atoms with Crippen molar-refractivity contribution < 1.29 is 14.4 Å². The van der Waals surface area contributed by atoms with Crippen molar-refractivity contribution in [3.63, 3.8) is 0 Å². The fraction of sp³-hybridized carbons (Fsp3) is 0.160. The van der Waals surface area contributed by atoms with Gasteiger partial charge in [-0.2, -0.15) is 5.26 Å². The number of aryl methyl sites for hydroxylation is 1. The molecule has 0 radical (unpaired) electrons. The molecule has 3 aromatic carbocycles. The Morgan fingerprint density at radius 3 is 2.41 bits per heavy atom. The van der Waals surface area contributed by atoms with E-state index in [1.165, 1.54) is 12.1 Å². The summed E-state index contributed by atoms with van der Waals surface area (Å²) < 4.78 is 11.6. The number of allylic oxidation sites excluding steroid dienone is 1. The predicted octanol–water partition coefficient (Wildman–Crippen LogP) is 6.60. The van der Waals surface area contributed by atoms with E-state index in [0.29, 0.717) is 34.3 Å². The first-order valence-corrected chi connectivity index (χ1v) is 10.3. The standard InChI is InChI=1S/C25H21ClN2O4/c1-3-31-24-14-19(12-21(15-27)20-8-4-17(2)5-9-20)13-23(26)25(24)32-16-18-6-10-22(11-7-18)28(29)30/h4-14H,3,16H2,1-2H3/b21-12-. The summed E-state index contributed by atoms with van der Waals surface area (Å²) in [7, 11) is 0. The van der Waals surface area contributed by atoms with Crippen LogP contribution >= 0.6 is 11.6 Å². The quantitative estimate of drug-likeness (QED) is 0.168. The average Bonchev–Trinajstić information content (AvgIpc) is 2.78. The fourth-order valence-corrected chi connectivity index (χ4v) is 3.30. The maximum atomic E-state index is 10.8. The summed E-state index contributed by atoms with van der Waals surface area (Å²) in [6, 6.07) is 19.5. The molecule has 0 N–H and O–H groups in total. The van der Waals surface area contributed by atoms with Gasteiger partial charge in [-0.1, -0.05) is 41.4 Å². The van der Waals surface area contributed by atoms with Crippen molar-refractivity contribution in [1.29, 1.82) is 5.26 Å². The van der Waals surface area contributed by atoms with Crippen LogP contribution in [-0.4, -0.2) is 11.5 Å². The van der Waals surface area contributed by atoms with Gasteiger partial charge < -0.3 is 9.47 Å². The van der Waals surface area contributed by atoms with Gasteiger partial charge >= 0.3 is 0 Å². The van der Waals surface area contributed by atoms with Gasteiger partial charge in [-0.3, -0.25) is 10.1 Å². The summed E-state index contributed by atoms with van der Waals surface area (Å²) in [6.07, 6.45) is 1.75. The highest BCUT2D eigenvalue weighted by molar-refractivity contribution is 6.32. The molecule has 3 rings (SSSR count). The van der Waals surface area contributed by atoms with Crippen LogP contribution in [0.2, 0.25) is 5.02 Å². The maximum absolute atomic E-state index is 10.8. The molecular weight excluding hydrogens is 428 g/mol. The maximum Gasteiger partial charge on any atom is 0.269 e. The molecule has 6 nitrogen and oxygen atoms in total. The van der Waals surface area contributed by atoms with Gasteiger partial charge in [0.15, 0.2) is 11.5 Å². The lowest BCUT2D eigenvalue weighted by molar-refractivity contribution is -0.384. The van der Waals surface area contributed by atoms with E-state index in [-0.39, 0.29) is 12.3 Å². The van der Waals surface area contributed by atoms with Crippen molar-refractivity contribution >= 4 is 28.9 Å². The number of non-ortho nitro benzene ring substituents is 1. The molecule has 0 atom stereocenters. The van der Waals surface area contributed by atoms with Gasteiger partial charge in [0.05, 0.1) is 28.2 Å². The lowest BCUT2D eigenvalue weighted by Gasteiger charge is -2.15. The van der Waals surface area contributed by atoms with Crippen LogP contribution in [0.25, 0.3) is 11.6 Å². The van der Waals surface area contributed by atoms with Crippen LogP contribution in [0.3, 0.4) is 0 Å². The van der Waals surface area contributed by atoms with Gasteiger partial charge in [-0.25, -0.2) is 0 Å². The smallest absolute Gasteiger partial charge is 0.269 e. The molecule has 0 aliphatic carbocycles. The van der Waals surface area contributed by atoms with Crippen molar-refractivity contribution in [2.75, 3.05) is 6.61 Å². The predicted molar refractivity (Wildman–Crippen MR) is 125 cm³/mol. The van der Waals surface area contributed by atoms with Gasteiger partial charge in [-0.05, 0) is 60.9 Å². The van der Waals surface area contributed by atoms with Crippen molar-refractivity contribution in [3.8, 4) is 17.6 Å². The summed E-state index contributed by atoms with van der Waals surface area (Å²) >= 11 is 6.49. The normalized spacial score (nSPS) is 11.0. The number of hydrogen-bond donors (Lipinski definition) is 0. The first-order chi connectivity index (χ1) is 15.4. The highest BCUT2D eigenvalue weighted by Gasteiger charge is 2.14. The van der Waals surface area contributed by atoms with Crippen LogP contribution in [0.4, 0.5) is 5.69 Å². The van der Waals surface area contributed by atoms with Gasteiger partial charge in [-0.15, -0.1) is 0 Å². The van der Waals surface area contributed by atoms with Crippen molar-refractivity contribution in [3.05, 3.63) is 98.1 Å². The zero-order valence-corrected chi connectivity index (χ0v) is 18.4. The Hall–Kier alpha value is -3.82. The van der Waals surface area contributed by atoms with E-state index in [4.69, 9.17) is 21.1 Å². The molecule has 0 aromatic heterocycles. The lowest BCUT2D eigenvalue weighted by atomic mass is 10.0. The minimum Gasteiger partial charge on any atom is -0.490 e. The Balaban J connectivity index is 1.87. The zero-order chi connectivity index (χ0) is 23.1. The van der Waals surface area contributed by atoms with Gasteiger partial charge in [0.1, 0.15) is 6.61 Å². The van der Waals surface area contributed by atoms with E-state index < -0.39 is 4.92 Å². The Morgan fingerprint density at radius 2 is 1.81 bits per heavy atom. The number of nitriles is 1. The Bertz CT molecular complexity index is 1180. The number of hydrogen-bond acceptors (Lipinski definition) is 5. The average molecular weight is 449 g/mol. The van der Waals surface area contributed by atoms with E-state index in [2.05, 4.69) is 6.07 Å². The second-order valence-electron chi connectivity index (χ2n) is 7.01. The molecule has 0 fully saturated rings. The third-order valence-electron chi connectivity index (χ3n) is 4.66. The summed E-state index contributed by atoms with van der Waals surface area (Å²) in [5, 5.41) is 20.8. The topological polar surface area (TPSA) is 85.4 Å². The van der Waals surface area contributed by atoms with Crippen LogP contribution in [0.1, 0.15) is 29.2 Å². The highest BCUT2D eigenvalue weighted by Crippen LogP contribution is 2.38. The molecule has 162 valence electrons. The molecule has 0 spiro atoms. The lowest BCUT2D eigenvalue weighted by Crippen LogP contribution is -2.01. The molecule has 0 amide bonds. The van der Waals surface area contributed by atoms with Crippen molar-refractivity contribution in [1.82, 2.24) is 0 Å².